The SMILES string of the molecule is O=S(=O)(O)CCCCCS(=O)(=O)c1ccc(F)cc1. The number of hydrogen-bond donors (Lipinski definition) is 1. The van der Waals surface area contributed by atoms with Crippen molar-refractivity contribution in [3.05, 3.63) is 30.1 Å². The van der Waals surface area contributed by atoms with E-state index in [4.69, 9.17) is 4.55 Å². The van der Waals surface area contributed by atoms with Gasteiger partial charge in [0.1, 0.15) is 5.82 Å². The van der Waals surface area contributed by atoms with E-state index in [9.17, 15) is 21.2 Å². The van der Waals surface area contributed by atoms with Gasteiger partial charge in [0.2, 0.25) is 0 Å². The first-order valence-corrected chi connectivity index (χ1v) is 8.90. The minimum atomic E-state index is -3.99. The number of halogens is 1. The zero-order valence-electron chi connectivity index (χ0n) is 10.1. The van der Waals surface area contributed by atoms with Crippen LogP contribution in [0.15, 0.2) is 29.2 Å². The molecule has 1 N–H and O–H groups in total. The van der Waals surface area contributed by atoms with Crippen LogP contribution in [0.25, 0.3) is 0 Å². The van der Waals surface area contributed by atoms with Crippen molar-refractivity contribution in [3.8, 4) is 0 Å². The largest absolute Gasteiger partial charge is 0.286 e. The van der Waals surface area contributed by atoms with Crippen LogP contribution in [0.5, 0.6) is 0 Å². The van der Waals surface area contributed by atoms with Gasteiger partial charge in [-0.05, 0) is 37.1 Å². The Labute approximate surface area is 112 Å². The van der Waals surface area contributed by atoms with Crippen LogP contribution in [0.1, 0.15) is 19.3 Å². The molecule has 0 heterocycles. The van der Waals surface area contributed by atoms with Gasteiger partial charge in [-0.25, -0.2) is 12.8 Å². The minimum Gasteiger partial charge on any atom is -0.286 e. The Hall–Kier alpha value is -0.990. The van der Waals surface area contributed by atoms with Gasteiger partial charge in [0.05, 0.1) is 16.4 Å². The second-order valence-corrected chi connectivity index (χ2v) is 7.80. The van der Waals surface area contributed by atoms with Crippen molar-refractivity contribution in [1.29, 1.82) is 0 Å². The third-order valence-corrected chi connectivity index (χ3v) is 5.11. The van der Waals surface area contributed by atoms with Gasteiger partial charge in [-0.1, -0.05) is 6.42 Å². The fourth-order valence-electron chi connectivity index (χ4n) is 1.51. The third-order valence-electron chi connectivity index (χ3n) is 2.49. The molecule has 1 aromatic rings. The summed E-state index contributed by atoms with van der Waals surface area (Å²) in [5.41, 5.74) is 0. The fraction of sp³-hybridized carbons (Fsp3) is 0.455. The molecule has 0 atom stereocenters. The molecule has 8 heteroatoms. The molecule has 1 aromatic carbocycles. The van der Waals surface area contributed by atoms with Crippen LogP contribution >= 0.6 is 0 Å². The lowest BCUT2D eigenvalue weighted by atomic mass is 10.3. The summed E-state index contributed by atoms with van der Waals surface area (Å²) in [6.07, 6.45) is 0.868. The lowest BCUT2D eigenvalue weighted by molar-refractivity contribution is 0.480. The molecule has 108 valence electrons. The average Bonchev–Trinajstić information content (AvgIpc) is 2.27. The van der Waals surface area contributed by atoms with Crippen LogP contribution in [0.2, 0.25) is 0 Å². The summed E-state index contributed by atoms with van der Waals surface area (Å²) < 4.78 is 65.7. The topological polar surface area (TPSA) is 88.5 Å². The predicted molar refractivity (Wildman–Crippen MR) is 68.7 cm³/mol. The molecule has 1 rings (SSSR count). The molecule has 0 aliphatic rings. The van der Waals surface area contributed by atoms with Gasteiger partial charge in [-0.2, -0.15) is 8.42 Å². The summed E-state index contributed by atoms with van der Waals surface area (Å²) in [5, 5.41) is 0. The average molecular weight is 310 g/mol. The Morgan fingerprint density at radius 3 is 1.95 bits per heavy atom. The monoisotopic (exact) mass is 310 g/mol. The van der Waals surface area contributed by atoms with Crippen LogP contribution in [0, 0.1) is 5.82 Å². The van der Waals surface area contributed by atoms with Crippen molar-refractivity contribution in [2.45, 2.75) is 24.2 Å². The molecule has 19 heavy (non-hydrogen) atoms. The summed E-state index contributed by atoms with van der Waals surface area (Å²) in [6.45, 7) is 0. The first-order valence-electron chi connectivity index (χ1n) is 5.64. The summed E-state index contributed by atoms with van der Waals surface area (Å²) in [7, 11) is -7.46. The van der Waals surface area contributed by atoms with Gasteiger partial charge in [0, 0.05) is 0 Å². The zero-order valence-corrected chi connectivity index (χ0v) is 11.8. The number of sulfone groups is 1. The van der Waals surface area contributed by atoms with Crippen molar-refractivity contribution in [2.24, 2.45) is 0 Å². The van der Waals surface area contributed by atoms with Crippen molar-refractivity contribution < 1.29 is 25.8 Å². The predicted octanol–water partition coefficient (Wildman–Crippen LogP) is 1.66. The molecule has 0 aliphatic carbocycles. The number of rotatable bonds is 7. The number of benzene rings is 1. The Bertz CT molecular complexity index is 605. The highest BCUT2D eigenvalue weighted by Crippen LogP contribution is 2.14. The van der Waals surface area contributed by atoms with Crippen molar-refractivity contribution in [2.75, 3.05) is 11.5 Å². The molecule has 0 aromatic heterocycles. The molecule has 0 unspecified atom stereocenters. The quantitative estimate of drug-likeness (QED) is 0.470. The summed E-state index contributed by atoms with van der Waals surface area (Å²) >= 11 is 0. The van der Waals surface area contributed by atoms with Crippen molar-refractivity contribution >= 4 is 20.0 Å². The molecule has 0 amide bonds. The van der Waals surface area contributed by atoms with E-state index in [2.05, 4.69) is 0 Å². The highest BCUT2D eigenvalue weighted by atomic mass is 32.2. The number of unbranched alkanes of at least 4 members (excludes halogenated alkanes) is 2. The van der Waals surface area contributed by atoms with Crippen molar-refractivity contribution in [3.63, 3.8) is 0 Å². The molecule has 0 spiro atoms. The van der Waals surface area contributed by atoms with Crippen LogP contribution in [0.4, 0.5) is 4.39 Å². The maximum Gasteiger partial charge on any atom is 0.264 e. The van der Waals surface area contributed by atoms with Gasteiger partial charge in [-0.3, -0.25) is 4.55 Å². The van der Waals surface area contributed by atoms with Gasteiger partial charge in [-0.15, -0.1) is 0 Å². The van der Waals surface area contributed by atoms with E-state index < -0.39 is 25.8 Å². The summed E-state index contributed by atoms with van der Waals surface area (Å²) in [5.74, 6) is -1.01. The van der Waals surface area contributed by atoms with E-state index in [0.717, 1.165) is 12.1 Å². The normalized spacial score (nSPS) is 12.5. The smallest absolute Gasteiger partial charge is 0.264 e. The van der Waals surface area contributed by atoms with Crippen LogP contribution < -0.4 is 0 Å². The van der Waals surface area contributed by atoms with E-state index >= 15 is 0 Å². The summed E-state index contributed by atoms with van der Waals surface area (Å²) in [6, 6.07) is 4.54. The van der Waals surface area contributed by atoms with E-state index in [0.29, 0.717) is 6.42 Å². The van der Waals surface area contributed by atoms with Crippen LogP contribution in [0.3, 0.4) is 0 Å². The van der Waals surface area contributed by atoms with Gasteiger partial charge in [0.15, 0.2) is 9.84 Å². The third kappa shape index (κ3) is 6.13. The highest BCUT2D eigenvalue weighted by molar-refractivity contribution is 7.91. The zero-order chi connectivity index (χ0) is 14.5. The first-order chi connectivity index (χ1) is 8.71. The van der Waals surface area contributed by atoms with E-state index in [-0.39, 0.29) is 29.2 Å². The molecular formula is C11H15FO5S2. The maximum atomic E-state index is 12.7. The maximum absolute atomic E-state index is 12.7. The molecule has 0 bridgehead atoms. The van der Waals surface area contributed by atoms with Crippen molar-refractivity contribution in [1.82, 2.24) is 0 Å². The number of hydrogen-bond acceptors (Lipinski definition) is 4. The first kappa shape index (κ1) is 16.1. The highest BCUT2D eigenvalue weighted by Gasteiger charge is 2.14. The standard InChI is InChI=1S/C11H15FO5S2/c12-10-4-6-11(7-5-10)18(13,14)8-2-1-3-9-19(15,16)17/h4-7H,1-3,8-9H2,(H,15,16,17). The van der Waals surface area contributed by atoms with Gasteiger partial charge in [0.25, 0.3) is 10.1 Å². The molecule has 5 nitrogen and oxygen atoms in total. The molecule has 0 fully saturated rings. The van der Waals surface area contributed by atoms with Crippen LogP contribution in [-0.2, 0) is 20.0 Å². The van der Waals surface area contributed by atoms with Gasteiger partial charge >= 0.3 is 0 Å². The van der Waals surface area contributed by atoms with E-state index in [1.165, 1.54) is 12.1 Å². The lowest BCUT2D eigenvalue weighted by Gasteiger charge is -2.04. The summed E-state index contributed by atoms with van der Waals surface area (Å²) in [4.78, 5) is 0.0451. The second kappa shape index (κ2) is 6.44. The Balaban J connectivity index is 2.46. The minimum absolute atomic E-state index is 0.0451. The van der Waals surface area contributed by atoms with E-state index in [1.807, 2.05) is 0 Å². The fourth-order valence-corrected chi connectivity index (χ4v) is 3.45. The van der Waals surface area contributed by atoms with Crippen LogP contribution in [-0.4, -0.2) is 32.9 Å². The lowest BCUT2D eigenvalue weighted by Crippen LogP contribution is -2.08. The molecule has 0 radical (unpaired) electrons. The van der Waals surface area contributed by atoms with E-state index in [1.54, 1.807) is 0 Å². The molecular weight excluding hydrogens is 295 g/mol. The Morgan fingerprint density at radius 1 is 0.895 bits per heavy atom. The second-order valence-electron chi connectivity index (χ2n) is 4.12. The Kier molecular flexibility index (Phi) is 5.45. The molecule has 0 saturated heterocycles. The molecule has 0 saturated carbocycles. The van der Waals surface area contributed by atoms with Gasteiger partial charge < -0.3 is 0 Å². The Morgan fingerprint density at radius 2 is 1.42 bits per heavy atom. The molecule has 0 aliphatic heterocycles.